The van der Waals surface area contributed by atoms with Crippen LogP contribution in [0.3, 0.4) is 0 Å². The van der Waals surface area contributed by atoms with E-state index in [1.165, 1.54) is 32.2 Å². The molecule has 2 saturated heterocycles. The lowest BCUT2D eigenvalue weighted by Gasteiger charge is -2.35. The van der Waals surface area contributed by atoms with Gasteiger partial charge in [-0.3, -0.25) is 4.90 Å². The molecule has 3 heteroatoms. The van der Waals surface area contributed by atoms with E-state index < -0.39 is 0 Å². The molecule has 0 amide bonds. The fourth-order valence-corrected chi connectivity index (χ4v) is 2.96. The molecule has 88 valence electrons. The Morgan fingerprint density at radius 3 is 2.93 bits per heavy atom. The van der Waals surface area contributed by atoms with Gasteiger partial charge in [-0.05, 0) is 45.1 Å². The quantitative estimate of drug-likeness (QED) is 0.766. The summed E-state index contributed by atoms with van der Waals surface area (Å²) >= 11 is 0. The van der Waals surface area contributed by atoms with Crippen LogP contribution in [0.1, 0.15) is 38.5 Å². The van der Waals surface area contributed by atoms with E-state index in [1.807, 2.05) is 0 Å². The molecule has 2 aliphatic rings. The highest BCUT2D eigenvalue weighted by atomic mass is 16.5. The van der Waals surface area contributed by atoms with Crippen molar-refractivity contribution in [3.63, 3.8) is 0 Å². The zero-order chi connectivity index (χ0) is 10.5. The Bertz CT molecular complexity index is 180. The monoisotopic (exact) mass is 213 g/mol. The van der Waals surface area contributed by atoms with Crippen molar-refractivity contribution in [1.29, 1.82) is 0 Å². The number of nitrogens with zero attached hydrogens (tertiary/aromatic N) is 1. The van der Waals surface area contributed by atoms with Crippen LogP contribution in [0.5, 0.6) is 0 Å². The Morgan fingerprint density at radius 2 is 2.20 bits per heavy atom. The Kier molecular flexibility index (Phi) is 4.42. The van der Waals surface area contributed by atoms with Gasteiger partial charge < -0.3 is 9.84 Å². The lowest BCUT2D eigenvalue weighted by molar-refractivity contribution is 0.0109. The molecule has 15 heavy (non-hydrogen) atoms. The first-order valence-corrected chi connectivity index (χ1v) is 6.36. The third kappa shape index (κ3) is 2.92. The van der Waals surface area contributed by atoms with E-state index in [4.69, 9.17) is 9.84 Å². The fourth-order valence-electron chi connectivity index (χ4n) is 2.96. The summed E-state index contributed by atoms with van der Waals surface area (Å²) in [4.78, 5) is 2.63. The second kappa shape index (κ2) is 5.83. The Morgan fingerprint density at radius 1 is 1.27 bits per heavy atom. The Hall–Kier alpha value is -0.120. The summed E-state index contributed by atoms with van der Waals surface area (Å²) in [5.74, 6) is 0. The predicted molar refractivity (Wildman–Crippen MR) is 59.9 cm³/mol. The second-order valence-corrected chi connectivity index (χ2v) is 4.77. The molecule has 1 N–H and O–H groups in total. The molecule has 2 heterocycles. The van der Waals surface area contributed by atoms with Gasteiger partial charge in [0.25, 0.3) is 0 Å². The first kappa shape index (κ1) is 11.4. The number of hydrogen-bond acceptors (Lipinski definition) is 3. The van der Waals surface area contributed by atoms with Gasteiger partial charge in [0.15, 0.2) is 0 Å². The van der Waals surface area contributed by atoms with Crippen molar-refractivity contribution in [2.45, 2.75) is 50.6 Å². The highest BCUT2D eigenvalue weighted by molar-refractivity contribution is 4.85. The zero-order valence-corrected chi connectivity index (χ0v) is 9.53. The maximum Gasteiger partial charge on any atom is 0.0621 e. The molecule has 2 fully saturated rings. The van der Waals surface area contributed by atoms with Gasteiger partial charge in [-0.1, -0.05) is 0 Å². The maximum atomic E-state index is 8.88. The lowest BCUT2D eigenvalue weighted by atomic mass is 10.0. The molecular weight excluding hydrogens is 190 g/mol. The summed E-state index contributed by atoms with van der Waals surface area (Å²) in [5.41, 5.74) is 0. The molecule has 0 bridgehead atoms. The van der Waals surface area contributed by atoms with Gasteiger partial charge in [0.05, 0.1) is 6.61 Å². The van der Waals surface area contributed by atoms with Crippen LogP contribution in [0.25, 0.3) is 0 Å². The number of likely N-dealkylation sites (tertiary alicyclic amines) is 1. The van der Waals surface area contributed by atoms with Gasteiger partial charge >= 0.3 is 0 Å². The maximum absolute atomic E-state index is 8.88. The van der Waals surface area contributed by atoms with Crippen LogP contribution in [-0.4, -0.2) is 48.5 Å². The summed E-state index contributed by atoms with van der Waals surface area (Å²) in [6.45, 7) is 3.46. The van der Waals surface area contributed by atoms with Crippen LogP contribution >= 0.6 is 0 Å². The van der Waals surface area contributed by atoms with Gasteiger partial charge in [-0.25, -0.2) is 0 Å². The number of hydrogen-bond donors (Lipinski definition) is 1. The summed E-state index contributed by atoms with van der Waals surface area (Å²) in [6, 6.07) is 1.37. The van der Waals surface area contributed by atoms with Gasteiger partial charge in [0.2, 0.25) is 0 Å². The highest BCUT2D eigenvalue weighted by Crippen LogP contribution is 2.26. The highest BCUT2D eigenvalue weighted by Gasteiger charge is 2.31. The molecule has 0 radical (unpaired) electrons. The molecule has 2 aliphatic heterocycles. The number of aliphatic hydroxyl groups is 1. The van der Waals surface area contributed by atoms with Crippen LogP contribution in [0.15, 0.2) is 0 Å². The van der Waals surface area contributed by atoms with Crippen molar-refractivity contribution in [3.8, 4) is 0 Å². The fraction of sp³-hybridized carbons (Fsp3) is 1.00. The standard InChI is InChI=1S/C12H23NO2/c14-8-2-5-11-4-1-7-13(11)12-6-3-9-15-10-12/h11-12,14H,1-10H2. The van der Waals surface area contributed by atoms with E-state index >= 15 is 0 Å². The summed E-state index contributed by atoms with van der Waals surface area (Å²) in [7, 11) is 0. The van der Waals surface area contributed by atoms with E-state index in [1.54, 1.807) is 0 Å². The van der Waals surface area contributed by atoms with Crippen LogP contribution < -0.4 is 0 Å². The van der Waals surface area contributed by atoms with Crippen molar-refractivity contribution in [1.82, 2.24) is 4.90 Å². The van der Waals surface area contributed by atoms with E-state index in [2.05, 4.69) is 4.90 Å². The summed E-state index contributed by atoms with van der Waals surface area (Å²) in [5, 5.41) is 8.88. The van der Waals surface area contributed by atoms with E-state index in [0.717, 1.165) is 26.1 Å². The van der Waals surface area contributed by atoms with Crippen LogP contribution in [-0.2, 0) is 4.74 Å². The SMILES string of the molecule is OCCCC1CCCN1C1CCCOC1. The van der Waals surface area contributed by atoms with Crippen LogP contribution in [0.4, 0.5) is 0 Å². The van der Waals surface area contributed by atoms with Gasteiger partial charge in [-0.2, -0.15) is 0 Å². The van der Waals surface area contributed by atoms with E-state index in [0.29, 0.717) is 18.7 Å². The van der Waals surface area contributed by atoms with Crippen LogP contribution in [0.2, 0.25) is 0 Å². The van der Waals surface area contributed by atoms with E-state index in [9.17, 15) is 0 Å². The molecule has 0 aromatic carbocycles. The summed E-state index contributed by atoms with van der Waals surface area (Å²) < 4.78 is 5.56. The minimum Gasteiger partial charge on any atom is -0.396 e. The lowest BCUT2D eigenvalue weighted by Crippen LogP contribution is -2.43. The van der Waals surface area contributed by atoms with Gasteiger partial charge in [-0.15, -0.1) is 0 Å². The minimum absolute atomic E-state index is 0.339. The number of aliphatic hydroxyl groups excluding tert-OH is 1. The molecule has 2 unspecified atom stereocenters. The molecule has 0 saturated carbocycles. The topological polar surface area (TPSA) is 32.7 Å². The van der Waals surface area contributed by atoms with Crippen molar-refractivity contribution >= 4 is 0 Å². The van der Waals surface area contributed by atoms with Crippen molar-refractivity contribution in [2.24, 2.45) is 0 Å². The molecule has 2 rings (SSSR count). The third-order valence-electron chi connectivity index (χ3n) is 3.72. The average molecular weight is 213 g/mol. The summed E-state index contributed by atoms with van der Waals surface area (Å²) in [6.07, 6.45) is 7.27. The Balaban J connectivity index is 1.82. The molecule has 0 spiro atoms. The predicted octanol–water partition coefficient (Wildman–Crippen LogP) is 1.40. The van der Waals surface area contributed by atoms with Crippen LogP contribution in [0, 0.1) is 0 Å². The molecule has 0 aliphatic carbocycles. The first-order valence-electron chi connectivity index (χ1n) is 6.36. The normalized spacial score (nSPS) is 33.4. The molecule has 0 aromatic rings. The third-order valence-corrected chi connectivity index (χ3v) is 3.72. The zero-order valence-electron chi connectivity index (χ0n) is 9.53. The smallest absolute Gasteiger partial charge is 0.0621 e. The average Bonchev–Trinajstić information content (AvgIpc) is 2.75. The first-order chi connectivity index (χ1) is 7.42. The molecule has 3 nitrogen and oxygen atoms in total. The largest absolute Gasteiger partial charge is 0.396 e. The Labute approximate surface area is 92.4 Å². The van der Waals surface area contributed by atoms with E-state index in [-0.39, 0.29) is 0 Å². The molecule has 0 aromatic heterocycles. The minimum atomic E-state index is 0.339. The van der Waals surface area contributed by atoms with Crippen molar-refractivity contribution < 1.29 is 9.84 Å². The van der Waals surface area contributed by atoms with Crippen molar-refractivity contribution in [2.75, 3.05) is 26.4 Å². The molecular formula is C12H23NO2. The van der Waals surface area contributed by atoms with Crippen molar-refractivity contribution in [3.05, 3.63) is 0 Å². The van der Waals surface area contributed by atoms with Gasteiger partial charge in [0, 0.05) is 25.3 Å². The molecule has 2 atom stereocenters. The van der Waals surface area contributed by atoms with Gasteiger partial charge in [0.1, 0.15) is 0 Å². The second-order valence-electron chi connectivity index (χ2n) is 4.77. The number of rotatable bonds is 4. The number of ether oxygens (including phenoxy) is 1.